The number of amides is 1. The number of benzene rings is 1. The van der Waals surface area contributed by atoms with Crippen LogP contribution < -0.4 is 10.6 Å². The molecule has 0 atom stereocenters. The Balaban J connectivity index is 0.00000364. The molecule has 1 heterocycles. The molecule has 2 rings (SSSR count). The highest BCUT2D eigenvalue weighted by Gasteiger charge is 2.30. The predicted molar refractivity (Wildman–Crippen MR) is 123 cm³/mol. The summed E-state index contributed by atoms with van der Waals surface area (Å²) in [5, 5.41) is 6.38. The van der Waals surface area contributed by atoms with Crippen LogP contribution in [0.5, 0.6) is 0 Å². The van der Waals surface area contributed by atoms with Crippen LogP contribution in [0.1, 0.15) is 36.2 Å². The molecule has 0 radical (unpaired) electrons. The lowest BCUT2D eigenvalue weighted by Gasteiger charge is -2.23. The van der Waals surface area contributed by atoms with Gasteiger partial charge in [0.05, 0.1) is 0 Å². The van der Waals surface area contributed by atoms with E-state index in [0.29, 0.717) is 24.1 Å². The van der Waals surface area contributed by atoms with Gasteiger partial charge in [-0.05, 0) is 43.6 Å². The molecule has 1 amide bonds. The molecule has 0 aromatic heterocycles. The summed E-state index contributed by atoms with van der Waals surface area (Å²) >= 11 is 0. The molecule has 27 heavy (non-hydrogen) atoms. The second-order valence-electron chi connectivity index (χ2n) is 8.00. The quantitative estimate of drug-likeness (QED) is 0.368. The first-order valence-electron chi connectivity index (χ1n) is 9.28. The third kappa shape index (κ3) is 7.65. The van der Waals surface area contributed by atoms with Gasteiger partial charge in [-0.3, -0.25) is 9.79 Å². The second kappa shape index (κ2) is 10.8. The zero-order valence-electron chi connectivity index (χ0n) is 17.2. The third-order valence-corrected chi connectivity index (χ3v) is 4.67. The number of carbonyl (C=O) groups is 1. The summed E-state index contributed by atoms with van der Waals surface area (Å²) in [6.45, 7) is 8.75. The number of nitrogens with zero attached hydrogens (tertiary/aromatic N) is 3. The summed E-state index contributed by atoms with van der Waals surface area (Å²) in [7, 11) is 5.81. The number of hydrogen-bond acceptors (Lipinski definition) is 3. The van der Waals surface area contributed by atoms with Crippen LogP contribution in [0.3, 0.4) is 0 Å². The molecule has 0 unspecified atom stereocenters. The zero-order chi connectivity index (χ0) is 19.2. The molecule has 152 valence electrons. The smallest absolute Gasteiger partial charge is 0.251 e. The Labute approximate surface area is 180 Å². The summed E-state index contributed by atoms with van der Waals surface area (Å²) in [6.07, 6.45) is 1.18. The lowest BCUT2D eigenvalue weighted by molar-refractivity contribution is 0.0951. The highest BCUT2D eigenvalue weighted by molar-refractivity contribution is 14.0. The van der Waals surface area contributed by atoms with Crippen LogP contribution in [-0.4, -0.2) is 69.0 Å². The van der Waals surface area contributed by atoms with E-state index >= 15 is 0 Å². The van der Waals surface area contributed by atoms with Crippen molar-refractivity contribution < 1.29 is 4.79 Å². The SMILES string of the molecule is CN=C(NCc1cccc(C(=O)NCCN(C)C)c1)N1CCC(C)(C)C1.I. The number of rotatable bonds is 6. The van der Waals surface area contributed by atoms with Crippen molar-refractivity contribution >= 4 is 35.8 Å². The number of hydrogen-bond donors (Lipinski definition) is 2. The number of halogens is 1. The van der Waals surface area contributed by atoms with Gasteiger partial charge >= 0.3 is 0 Å². The van der Waals surface area contributed by atoms with E-state index in [1.165, 1.54) is 6.42 Å². The molecule has 0 saturated carbocycles. The van der Waals surface area contributed by atoms with Crippen LogP contribution in [0, 0.1) is 5.41 Å². The fourth-order valence-electron chi connectivity index (χ4n) is 3.12. The molecule has 6 nitrogen and oxygen atoms in total. The van der Waals surface area contributed by atoms with Gasteiger partial charge in [-0.1, -0.05) is 26.0 Å². The van der Waals surface area contributed by atoms with Gasteiger partial charge in [0.25, 0.3) is 5.91 Å². The molecule has 7 heteroatoms. The highest BCUT2D eigenvalue weighted by atomic mass is 127. The minimum absolute atomic E-state index is 0. The summed E-state index contributed by atoms with van der Waals surface area (Å²) < 4.78 is 0. The van der Waals surface area contributed by atoms with Gasteiger partial charge in [0.2, 0.25) is 0 Å². The van der Waals surface area contributed by atoms with Crippen molar-refractivity contribution in [1.82, 2.24) is 20.4 Å². The number of likely N-dealkylation sites (tertiary alicyclic amines) is 1. The molecular formula is C20H34IN5O. The van der Waals surface area contributed by atoms with Crippen LogP contribution in [0.2, 0.25) is 0 Å². The molecule has 0 bridgehead atoms. The van der Waals surface area contributed by atoms with E-state index in [0.717, 1.165) is 31.2 Å². The molecule has 1 aliphatic heterocycles. The monoisotopic (exact) mass is 487 g/mol. The summed E-state index contributed by atoms with van der Waals surface area (Å²) in [5.74, 6) is 0.899. The molecule has 1 fully saturated rings. The van der Waals surface area contributed by atoms with Gasteiger partial charge < -0.3 is 20.4 Å². The normalized spacial score (nSPS) is 16.2. The van der Waals surface area contributed by atoms with Gasteiger partial charge in [-0.2, -0.15) is 0 Å². The van der Waals surface area contributed by atoms with Crippen molar-refractivity contribution in [2.24, 2.45) is 10.4 Å². The second-order valence-corrected chi connectivity index (χ2v) is 8.00. The Kier molecular flexibility index (Phi) is 9.52. The first-order valence-corrected chi connectivity index (χ1v) is 9.28. The maximum Gasteiger partial charge on any atom is 0.251 e. The van der Waals surface area contributed by atoms with Crippen molar-refractivity contribution in [3.05, 3.63) is 35.4 Å². The molecule has 0 spiro atoms. The van der Waals surface area contributed by atoms with Gasteiger partial charge in [0, 0.05) is 45.3 Å². The van der Waals surface area contributed by atoms with E-state index in [2.05, 4.69) is 34.4 Å². The minimum Gasteiger partial charge on any atom is -0.352 e. The number of carbonyl (C=O) groups excluding carboxylic acids is 1. The fraction of sp³-hybridized carbons (Fsp3) is 0.600. The van der Waals surface area contributed by atoms with E-state index in [1.807, 2.05) is 50.3 Å². The summed E-state index contributed by atoms with van der Waals surface area (Å²) in [4.78, 5) is 21.0. The maximum absolute atomic E-state index is 12.3. The van der Waals surface area contributed by atoms with Crippen LogP contribution in [0.4, 0.5) is 0 Å². The standard InChI is InChI=1S/C20H33N5O.HI/c1-20(2)9-11-25(15-20)19(21-3)23-14-16-7-6-8-17(13-16)18(26)22-10-12-24(4)5;/h6-8,13H,9-12,14-15H2,1-5H3,(H,21,23)(H,22,26);1H. The summed E-state index contributed by atoms with van der Waals surface area (Å²) in [5.41, 5.74) is 2.10. The zero-order valence-corrected chi connectivity index (χ0v) is 19.5. The van der Waals surface area contributed by atoms with Gasteiger partial charge in [-0.25, -0.2) is 0 Å². The van der Waals surface area contributed by atoms with E-state index in [4.69, 9.17) is 0 Å². The van der Waals surface area contributed by atoms with E-state index < -0.39 is 0 Å². The lowest BCUT2D eigenvalue weighted by atomic mass is 9.93. The maximum atomic E-state index is 12.3. The van der Waals surface area contributed by atoms with Gasteiger partial charge in [-0.15, -0.1) is 24.0 Å². The van der Waals surface area contributed by atoms with Crippen molar-refractivity contribution in [1.29, 1.82) is 0 Å². The van der Waals surface area contributed by atoms with Crippen molar-refractivity contribution in [2.75, 3.05) is 47.3 Å². The van der Waals surface area contributed by atoms with Gasteiger partial charge in [0.15, 0.2) is 5.96 Å². The van der Waals surface area contributed by atoms with Gasteiger partial charge in [0.1, 0.15) is 0 Å². The highest BCUT2D eigenvalue weighted by Crippen LogP contribution is 2.28. The average Bonchev–Trinajstić information content (AvgIpc) is 2.95. The van der Waals surface area contributed by atoms with Crippen molar-refractivity contribution in [3.8, 4) is 0 Å². The van der Waals surface area contributed by atoms with E-state index in [-0.39, 0.29) is 29.9 Å². The van der Waals surface area contributed by atoms with Crippen molar-refractivity contribution in [3.63, 3.8) is 0 Å². The first kappa shape index (κ1) is 23.7. The summed E-state index contributed by atoms with van der Waals surface area (Å²) in [6, 6.07) is 7.76. The number of aliphatic imine (C=N–C) groups is 1. The molecule has 1 aromatic rings. The third-order valence-electron chi connectivity index (χ3n) is 4.67. The topological polar surface area (TPSA) is 60.0 Å². The molecule has 0 aliphatic carbocycles. The first-order chi connectivity index (χ1) is 12.3. The Morgan fingerprint density at radius 2 is 2.04 bits per heavy atom. The van der Waals surface area contributed by atoms with Crippen molar-refractivity contribution in [2.45, 2.75) is 26.8 Å². The van der Waals surface area contributed by atoms with E-state index in [1.54, 1.807) is 0 Å². The Bertz CT molecular complexity index is 645. The van der Waals surface area contributed by atoms with Crippen LogP contribution in [0.25, 0.3) is 0 Å². The largest absolute Gasteiger partial charge is 0.352 e. The lowest BCUT2D eigenvalue weighted by Crippen LogP contribution is -2.40. The Morgan fingerprint density at radius 3 is 2.63 bits per heavy atom. The molecule has 1 saturated heterocycles. The van der Waals surface area contributed by atoms with Crippen LogP contribution in [-0.2, 0) is 6.54 Å². The molecular weight excluding hydrogens is 453 g/mol. The molecule has 1 aromatic carbocycles. The number of nitrogens with one attached hydrogen (secondary N) is 2. The number of guanidine groups is 1. The molecule has 1 aliphatic rings. The van der Waals surface area contributed by atoms with E-state index in [9.17, 15) is 4.79 Å². The van der Waals surface area contributed by atoms with Crippen LogP contribution >= 0.6 is 24.0 Å². The molecule has 2 N–H and O–H groups in total. The minimum atomic E-state index is -0.0284. The fourth-order valence-corrected chi connectivity index (χ4v) is 3.12. The number of likely N-dealkylation sites (N-methyl/N-ethyl adjacent to an activating group) is 1. The Hall–Kier alpha value is -1.35. The average molecular weight is 487 g/mol. The Morgan fingerprint density at radius 1 is 1.30 bits per heavy atom. The predicted octanol–water partition coefficient (Wildman–Crippen LogP) is 2.40. The van der Waals surface area contributed by atoms with Crippen LogP contribution in [0.15, 0.2) is 29.3 Å².